The zero-order chi connectivity index (χ0) is 11.4. The maximum absolute atomic E-state index is 6.00. The van der Waals surface area contributed by atoms with Crippen molar-refractivity contribution in [3.63, 3.8) is 0 Å². The van der Waals surface area contributed by atoms with Gasteiger partial charge in [-0.3, -0.25) is 0 Å². The van der Waals surface area contributed by atoms with Crippen molar-refractivity contribution in [2.75, 3.05) is 31.8 Å². The van der Waals surface area contributed by atoms with Crippen LogP contribution in [-0.2, 0) is 9.47 Å². The molecule has 0 aromatic carbocycles. The topological polar surface area (TPSA) is 30.5 Å². The third-order valence-electron chi connectivity index (χ3n) is 3.66. The lowest BCUT2D eigenvalue weighted by molar-refractivity contribution is -0.0711. The van der Waals surface area contributed by atoms with E-state index in [0.29, 0.717) is 12.1 Å². The molecule has 2 aliphatic heterocycles. The van der Waals surface area contributed by atoms with Crippen LogP contribution in [0.2, 0.25) is 0 Å². The summed E-state index contributed by atoms with van der Waals surface area (Å²) in [5.41, 5.74) is 0.191. The minimum atomic E-state index is 0.191. The molecular weight excluding hydrogens is 222 g/mol. The lowest BCUT2D eigenvalue weighted by Crippen LogP contribution is -2.48. The smallest absolute Gasteiger partial charge is 0.0795 e. The second kappa shape index (κ2) is 5.71. The Morgan fingerprint density at radius 1 is 1.62 bits per heavy atom. The van der Waals surface area contributed by atoms with E-state index in [1.165, 1.54) is 24.3 Å². The van der Waals surface area contributed by atoms with Crippen LogP contribution in [0.1, 0.15) is 26.2 Å². The van der Waals surface area contributed by atoms with Gasteiger partial charge in [0.25, 0.3) is 0 Å². The summed E-state index contributed by atoms with van der Waals surface area (Å²) in [6, 6.07) is 0.616. The van der Waals surface area contributed by atoms with Gasteiger partial charge in [0, 0.05) is 32.1 Å². The van der Waals surface area contributed by atoms with Crippen LogP contribution in [0.5, 0.6) is 0 Å². The molecule has 0 amide bonds. The van der Waals surface area contributed by atoms with Crippen LogP contribution in [0, 0.1) is 0 Å². The minimum Gasteiger partial charge on any atom is -0.380 e. The third-order valence-corrected chi connectivity index (χ3v) is 4.88. The minimum absolute atomic E-state index is 0.191. The first kappa shape index (κ1) is 12.7. The number of thioether (sulfide) groups is 1. The predicted molar refractivity (Wildman–Crippen MR) is 68.1 cm³/mol. The first-order valence-corrected chi connectivity index (χ1v) is 7.37. The van der Waals surface area contributed by atoms with E-state index < -0.39 is 0 Å². The Morgan fingerprint density at radius 3 is 3.19 bits per heavy atom. The highest BCUT2D eigenvalue weighted by molar-refractivity contribution is 7.99. The van der Waals surface area contributed by atoms with Gasteiger partial charge in [-0.05, 0) is 31.9 Å². The summed E-state index contributed by atoms with van der Waals surface area (Å²) in [7, 11) is 1.77. The largest absolute Gasteiger partial charge is 0.380 e. The molecule has 2 heterocycles. The molecule has 2 aliphatic rings. The van der Waals surface area contributed by atoms with Crippen LogP contribution in [0.25, 0.3) is 0 Å². The van der Waals surface area contributed by atoms with Crippen molar-refractivity contribution >= 4 is 11.8 Å². The van der Waals surface area contributed by atoms with Gasteiger partial charge in [-0.1, -0.05) is 0 Å². The Balaban J connectivity index is 1.78. The van der Waals surface area contributed by atoms with Crippen LogP contribution in [-0.4, -0.2) is 49.5 Å². The summed E-state index contributed by atoms with van der Waals surface area (Å²) in [6.07, 6.45) is 3.85. The van der Waals surface area contributed by atoms with Gasteiger partial charge in [0.1, 0.15) is 0 Å². The summed E-state index contributed by atoms with van der Waals surface area (Å²) in [4.78, 5) is 0. The Bertz CT molecular complexity index is 219. The number of ether oxygens (including phenoxy) is 2. The van der Waals surface area contributed by atoms with Crippen LogP contribution < -0.4 is 5.32 Å². The molecule has 0 saturated carbocycles. The lowest BCUT2D eigenvalue weighted by atomic mass is 9.90. The summed E-state index contributed by atoms with van der Waals surface area (Å²) < 4.78 is 11.3. The molecule has 2 rings (SSSR count). The molecule has 0 aromatic rings. The molecule has 3 unspecified atom stereocenters. The van der Waals surface area contributed by atoms with E-state index in [-0.39, 0.29) is 5.60 Å². The third kappa shape index (κ3) is 3.13. The first-order valence-electron chi connectivity index (χ1n) is 6.22. The highest BCUT2D eigenvalue weighted by Gasteiger charge is 2.40. The van der Waals surface area contributed by atoms with Gasteiger partial charge in [-0.2, -0.15) is 11.8 Å². The second-order valence-electron chi connectivity index (χ2n) is 4.98. The zero-order valence-electron chi connectivity index (χ0n) is 10.3. The van der Waals surface area contributed by atoms with E-state index in [1.807, 2.05) is 11.8 Å². The molecule has 2 saturated heterocycles. The van der Waals surface area contributed by atoms with Gasteiger partial charge in [0.05, 0.1) is 11.7 Å². The fraction of sp³-hybridized carbons (Fsp3) is 1.00. The number of methoxy groups -OCH3 is 1. The van der Waals surface area contributed by atoms with Gasteiger partial charge in [0.15, 0.2) is 0 Å². The van der Waals surface area contributed by atoms with Crippen molar-refractivity contribution in [3.8, 4) is 0 Å². The summed E-state index contributed by atoms with van der Waals surface area (Å²) in [6.45, 7) is 3.97. The predicted octanol–water partition coefficient (Wildman–Crippen LogP) is 1.67. The summed E-state index contributed by atoms with van der Waals surface area (Å²) in [5.74, 6) is 2.45. The number of hydrogen-bond donors (Lipinski definition) is 1. The number of hydrogen-bond acceptors (Lipinski definition) is 4. The standard InChI is InChI=1S/C12H23NO2S/c1-10(14-2)8-13-11-3-5-15-12(7-11)4-6-16-9-12/h10-11,13H,3-9H2,1-2H3. The second-order valence-corrected chi connectivity index (χ2v) is 6.08. The summed E-state index contributed by atoms with van der Waals surface area (Å²) in [5, 5.41) is 3.61. The Morgan fingerprint density at radius 2 is 2.50 bits per heavy atom. The highest BCUT2D eigenvalue weighted by atomic mass is 32.2. The molecule has 16 heavy (non-hydrogen) atoms. The fourth-order valence-corrected chi connectivity index (χ4v) is 3.86. The van der Waals surface area contributed by atoms with Crippen LogP contribution in [0.3, 0.4) is 0 Å². The van der Waals surface area contributed by atoms with E-state index in [4.69, 9.17) is 9.47 Å². The van der Waals surface area contributed by atoms with E-state index in [0.717, 1.165) is 19.6 Å². The normalized spacial score (nSPS) is 36.8. The monoisotopic (exact) mass is 245 g/mol. The van der Waals surface area contributed by atoms with E-state index in [9.17, 15) is 0 Å². The molecule has 3 nitrogen and oxygen atoms in total. The first-order chi connectivity index (χ1) is 7.74. The fourth-order valence-electron chi connectivity index (χ4n) is 2.48. The van der Waals surface area contributed by atoms with Crippen LogP contribution in [0.15, 0.2) is 0 Å². The van der Waals surface area contributed by atoms with Gasteiger partial charge in [-0.15, -0.1) is 0 Å². The van der Waals surface area contributed by atoms with E-state index in [1.54, 1.807) is 7.11 Å². The van der Waals surface area contributed by atoms with Crippen molar-refractivity contribution in [2.45, 2.75) is 43.9 Å². The van der Waals surface area contributed by atoms with Crippen molar-refractivity contribution in [1.82, 2.24) is 5.32 Å². The molecule has 0 aliphatic carbocycles. The van der Waals surface area contributed by atoms with Gasteiger partial charge in [-0.25, -0.2) is 0 Å². The Labute approximate surface area is 103 Å². The number of nitrogens with one attached hydrogen (secondary N) is 1. The van der Waals surface area contributed by atoms with E-state index in [2.05, 4.69) is 12.2 Å². The van der Waals surface area contributed by atoms with E-state index >= 15 is 0 Å². The maximum Gasteiger partial charge on any atom is 0.0795 e. The Kier molecular flexibility index (Phi) is 4.53. The van der Waals surface area contributed by atoms with Crippen molar-refractivity contribution < 1.29 is 9.47 Å². The zero-order valence-corrected chi connectivity index (χ0v) is 11.1. The van der Waals surface area contributed by atoms with Gasteiger partial charge in [0.2, 0.25) is 0 Å². The molecule has 1 N–H and O–H groups in total. The molecule has 3 atom stereocenters. The van der Waals surface area contributed by atoms with Crippen LogP contribution in [0.4, 0.5) is 0 Å². The van der Waals surface area contributed by atoms with Crippen molar-refractivity contribution in [3.05, 3.63) is 0 Å². The molecule has 94 valence electrons. The average molecular weight is 245 g/mol. The molecule has 4 heteroatoms. The SMILES string of the molecule is COC(C)CNC1CCOC2(CCSC2)C1. The molecule has 2 fully saturated rings. The average Bonchev–Trinajstić information content (AvgIpc) is 2.74. The molecule has 0 aromatic heterocycles. The molecule has 1 spiro atoms. The molecule has 0 radical (unpaired) electrons. The summed E-state index contributed by atoms with van der Waals surface area (Å²) >= 11 is 2.03. The number of rotatable bonds is 4. The maximum atomic E-state index is 6.00. The molecule has 0 bridgehead atoms. The lowest BCUT2D eigenvalue weighted by Gasteiger charge is -2.38. The highest BCUT2D eigenvalue weighted by Crippen LogP contribution is 2.38. The van der Waals surface area contributed by atoms with Crippen molar-refractivity contribution in [2.24, 2.45) is 0 Å². The van der Waals surface area contributed by atoms with Gasteiger partial charge < -0.3 is 14.8 Å². The Hall–Kier alpha value is 0.230. The van der Waals surface area contributed by atoms with Crippen LogP contribution >= 0.6 is 11.8 Å². The molecular formula is C12H23NO2S. The van der Waals surface area contributed by atoms with Gasteiger partial charge >= 0.3 is 0 Å². The quantitative estimate of drug-likeness (QED) is 0.816. The van der Waals surface area contributed by atoms with Crippen molar-refractivity contribution in [1.29, 1.82) is 0 Å².